The van der Waals surface area contributed by atoms with Gasteiger partial charge in [-0.2, -0.15) is 0 Å². The SMILES string of the molecule is Nc1ccccc1-c1ccccc1N.Nc1ccccc1-c1ccccc1N.SS. The first-order valence-electron chi connectivity index (χ1n) is 9.16. The monoisotopic (exact) mass is 434 g/mol. The van der Waals surface area contributed by atoms with Gasteiger partial charge in [0.05, 0.1) is 0 Å². The van der Waals surface area contributed by atoms with Crippen LogP contribution in [0.4, 0.5) is 22.7 Å². The Balaban J connectivity index is 0.000000197. The highest BCUT2D eigenvalue weighted by molar-refractivity contribution is 8.59. The van der Waals surface area contributed by atoms with Crippen molar-refractivity contribution in [2.45, 2.75) is 0 Å². The number of nitrogens with two attached hydrogens (primary N) is 4. The summed E-state index contributed by atoms with van der Waals surface area (Å²) < 4.78 is 0. The maximum Gasteiger partial charge on any atom is 0.0394 e. The van der Waals surface area contributed by atoms with Gasteiger partial charge in [-0.05, 0) is 24.3 Å². The molecule has 4 aromatic carbocycles. The summed E-state index contributed by atoms with van der Waals surface area (Å²) in [4.78, 5) is 0. The van der Waals surface area contributed by atoms with Crippen molar-refractivity contribution in [1.29, 1.82) is 0 Å². The van der Waals surface area contributed by atoms with Crippen LogP contribution in [0.15, 0.2) is 97.1 Å². The minimum atomic E-state index is 0.755. The van der Waals surface area contributed by atoms with E-state index in [0.717, 1.165) is 45.0 Å². The van der Waals surface area contributed by atoms with Crippen LogP contribution >= 0.6 is 23.3 Å². The van der Waals surface area contributed by atoms with Crippen molar-refractivity contribution in [3.63, 3.8) is 0 Å². The zero-order valence-electron chi connectivity index (χ0n) is 16.4. The van der Waals surface area contributed by atoms with Gasteiger partial charge in [0, 0.05) is 45.0 Å². The zero-order chi connectivity index (χ0) is 21.9. The summed E-state index contributed by atoms with van der Waals surface area (Å²) >= 11 is 6.44. The summed E-state index contributed by atoms with van der Waals surface area (Å²) in [7, 11) is 0. The molecule has 0 fully saturated rings. The first kappa shape index (κ1) is 23.1. The first-order valence-corrected chi connectivity index (χ1v) is 10.8. The highest BCUT2D eigenvalue weighted by Gasteiger charge is 2.04. The number of para-hydroxylation sites is 4. The molecule has 0 aliphatic carbocycles. The summed E-state index contributed by atoms with van der Waals surface area (Å²) in [6.07, 6.45) is 0. The third-order valence-corrected chi connectivity index (χ3v) is 4.42. The van der Waals surface area contributed by atoms with Crippen molar-refractivity contribution in [1.82, 2.24) is 0 Å². The van der Waals surface area contributed by atoms with Crippen LogP contribution in [0.2, 0.25) is 0 Å². The third kappa shape index (κ3) is 5.89. The Morgan fingerprint density at radius 1 is 0.333 bits per heavy atom. The van der Waals surface area contributed by atoms with Gasteiger partial charge in [0.1, 0.15) is 0 Å². The molecule has 0 spiro atoms. The van der Waals surface area contributed by atoms with Gasteiger partial charge in [-0.25, -0.2) is 0 Å². The highest BCUT2D eigenvalue weighted by Crippen LogP contribution is 2.30. The lowest BCUT2D eigenvalue weighted by molar-refractivity contribution is 1.60. The Morgan fingerprint density at radius 3 is 0.667 bits per heavy atom. The smallest absolute Gasteiger partial charge is 0.0394 e. The molecule has 0 saturated heterocycles. The van der Waals surface area contributed by atoms with E-state index in [-0.39, 0.29) is 0 Å². The molecule has 0 radical (unpaired) electrons. The van der Waals surface area contributed by atoms with Crippen molar-refractivity contribution >= 4 is 46.1 Å². The predicted molar refractivity (Wildman–Crippen MR) is 139 cm³/mol. The van der Waals surface area contributed by atoms with E-state index in [4.69, 9.17) is 22.9 Å². The fourth-order valence-electron chi connectivity index (χ4n) is 2.97. The van der Waals surface area contributed by atoms with E-state index in [0.29, 0.717) is 0 Å². The molecule has 0 aliphatic rings. The second-order valence-corrected chi connectivity index (χ2v) is 6.35. The van der Waals surface area contributed by atoms with Gasteiger partial charge in [0.2, 0.25) is 0 Å². The zero-order valence-corrected chi connectivity index (χ0v) is 18.2. The van der Waals surface area contributed by atoms with E-state index >= 15 is 0 Å². The molecule has 4 nitrogen and oxygen atoms in total. The number of benzene rings is 4. The van der Waals surface area contributed by atoms with Crippen molar-refractivity contribution in [3.8, 4) is 22.3 Å². The fraction of sp³-hybridized carbons (Fsp3) is 0. The molecule has 4 rings (SSSR count). The molecule has 4 aromatic rings. The highest BCUT2D eigenvalue weighted by atomic mass is 33.1. The lowest BCUT2D eigenvalue weighted by Gasteiger charge is -2.07. The lowest BCUT2D eigenvalue weighted by Crippen LogP contribution is -1.93. The maximum absolute atomic E-state index is 5.87. The molecule has 0 aliphatic heterocycles. The van der Waals surface area contributed by atoms with Crippen LogP contribution < -0.4 is 22.9 Å². The average molecular weight is 435 g/mol. The van der Waals surface area contributed by atoms with Gasteiger partial charge < -0.3 is 22.9 Å². The molecule has 0 unspecified atom stereocenters. The van der Waals surface area contributed by atoms with Gasteiger partial charge in [0.15, 0.2) is 0 Å². The number of rotatable bonds is 2. The second-order valence-electron chi connectivity index (χ2n) is 6.35. The quantitative estimate of drug-likeness (QED) is 0.136. The molecule has 0 amide bonds. The average Bonchev–Trinajstić information content (AvgIpc) is 2.78. The molecule has 0 atom stereocenters. The number of thiol groups is 2. The first-order chi connectivity index (χ1) is 14.6. The molecule has 8 N–H and O–H groups in total. The van der Waals surface area contributed by atoms with Gasteiger partial charge in [-0.15, -0.1) is 23.3 Å². The molecule has 6 heteroatoms. The Bertz CT molecular complexity index is 910. The summed E-state index contributed by atoms with van der Waals surface area (Å²) in [6.45, 7) is 0. The number of anilines is 4. The van der Waals surface area contributed by atoms with Crippen molar-refractivity contribution in [2.75, 3.05) is 22.9 Å². The van der Waals surface area contributed by atoms with E-state index in [1.165, 1.54) is 0 Å². The van der Waals surface area contributed by atoms with E-state index in [1.54, 1.807) is 0 Å². The lowest BCUT2D eigenvalue weighted by atomic mass is 10.0. The summed E-state index contributed by atoms with van der Waals surface area (Å²) in [6, 6.07) is 30.9. The third-order valence-electron chi connectivity index (χ3n) is 4.42. The maximum atomic E-state index is 5.87. The van der Waals surface area contributed by atoms with Crippen molar-refractivity contribution in [3.05, 3.63) is 97.1 Å². The number of hydrogen-bond donors (Lipinski definition) is 6. The van der Waals surface area contributed by atoms with Gasteiger partial charge in [-0.3, -0.25) is 0 Å². The molecule has 0 bridgehead atoms. The molecule has 0 heterocycles. The van der Waals surface area contributed by atoms with E-state index in [1.807, 2.05) is 97.1 Å². The van der Waals surface area contributed by atoms with Crippen LogP contribution in [0.5, 0.6) is 0 Å². The fourth-order valence-corrected chi connectivity index (χ4v) is 2.97. The molecular formula is C24H26N4S2. The van der Waals surface area contributed by atoms with Crippen molar-refractivity contribution in [2.24, 2.45) is 0 Å². The van der Waals surface area contributed by atoms with Crippen LogP contribution in [0.25, 0.3) is 22.3 Å². The van der Waals surface area contributed by atoms with Gasteiger partial charge >= 0.3 is 0 Å². The predicted octanol–water partition coefficient (Wildman–Crippen LogP) is 5.80. The molecular weight excluding hydrogens is 408 g/mol. The standard InChI is InChI=1S/2C12H12N2.H2S2/c2*13-11-7-3-1-5-9(11)10-6-2-4-8-12(10)14;1-2/h2*1-8H,13-14H2;1-2H. The second kappa shape index (κ2) is 11.7. The molecule has 0 aromatic heterocycles. The Labute approximate surface area is 188 Å². The van der Waals surface area contributed by atoms with Gasteiger partial charge in [-0.1, -0.05) is 72.8 Å². The Morgan fingerprint density at radius 2 is 0.500 bits per heavy atom. The normalized spacial score (nSPS) is 9.53. The number of nitrogen functional groups attached to an aromatic ring is 4. The van der Waals surface area contributed by atoms with Crippen LogP contribution in [0, 0.1) is 0 Å². The van der Waals surface area contributed by atoms with E-state index < -0.39 is 0 Å². The molecule has 154 valence electrons. The van der Waals surface area contributed by atoms with Crippen LogP contribution in [-0.4, -0.2) is 0 Å². The summed E-state index contributed by atoms with van der Waals surface area (Å²) in [5.41, 5.74) is 30.4. The van der Waals surface area contributed by atoms with Crippen LogP contribution in [-0.2, 0) is 0 Å². The summed E-state index contributed by atoms with van der Waals surface area (Å²) in [5, 5.41) is 0. The Kier molecular flexibility index (Phi) is 9.00. The molecule has 0 saturated carbocycles. The Hall–Kier alpha value is -3.22. The largest absolute Gasteiger partial charge is 0.398 e. The van der Waals surface area contributed by atoms with Crippen molar-refractivity contribution < 1.29 is 0 Å². The van der Waals surface area contributed by atoms with E-state index in [2.05, 4.69) is 23.3 Å². The minimum Gasteiger partial charge on any atom is -0.398 e. The topological polar surface area (TPSA) is 104 Å². The molecule has 30 heavy (non-hydrogen) atoms. The minimum absolute atomic E-state index is 0.755. The summed E-state index contributed by atoms with van der Waals surface area (Å²) in [5.74, 6) is 0. The van der Waals surface area contributed by atoms with Crippen LogP contribution in [0.3, 0.4) is 0 Å². The van der Waals surface area contributed by atoms with Gasteiger partial charge in [0.25, 0.3) is 0 Å². The van der Waals surface area contributed by atoms with E-state index in [9.17, 15) is 0 Å². The van der Waals surface area contributed by atoms with Crippen LogP contribution in [0.1, 0.15) is 0 Å². The number of hydrogen-bond acceptors (Lipinski definition) is 6.